The van der Waals surface area contributed by atoms with E-state index >= 15 is 0 Å². The molecule has 4 aliphatic rings. The van der Waals surface area contributed by atoms with Gasteiger partial charge in [0.05, 0.1) is 12.1 Å². The van der Waals surface area contributed by atoms with Gasteiger partial charge in [0.15, 0.2) is 0 Å². The van der Waals surface area contributed by atoms with Gasteiger partial charge in [-0.25, -0.2) is 9.18 Å². The highest BCUT2D eigenvalue weighted by Gasteiger charge is 2.55. The van der Waals surface area contributed by atoms with Gasteiger partial charge in [-0.05, 0) is 100 Å². The first-order chi connectivity index (χ1) is 19.8. The normalized spacial score (nSPS) is 31.9. The molecule has 220 valence electrons. The molecule has 2 aromatic rings. The fraction of sp³-hybridized carbons (Fsp3) is 0.588. The summed E-state index contributed by atoms with van der Waals surface area (Å²) < 4.78 is 20.5. The number of anilines is 1. The van der Waals surface area contributed by atoms with Gasteiger partial charge in [-0.2, -0.15) is 0 Å². The second-order valence-corrected chi connectivity index (χ2v) is 12.9. The van der Waals surface area contributed by atoms with Gasteiger partial charge in [-0.3, -0.25) is 20.1 Å². The first kappa shape index (κ1) is 28.2. The Morgan fingerprint density at radius 2 is 2.00 bits per heavy atom. The summed E-state index contributed by atoms with van der Waals surface area (Å²) in [5, 5.41) is 3.20. The summed E-state index contributed by atoms with van der Waals surface area (Å²) in [7, 11) is 0. The highest BCUT2D eigenvalue weighted by Crippen LogP contribution is 2.44. The SMILES string of the molecule is CC[C@@H](C)Oc1cccc(CN2CC[C@@]3(C[C@@H]2C)C(=NC2CCC[C@@H]4CC[C@H]2C4)NC(=O)N3c2cccc(F)c2)c1. The molecular weight excluding hydrogens is 515 g/mol. The third-order valence-corrected chi connectivity index (χ3v) is 10.2. The number of nitrogens with one attached hydrogen (secondary N) is 1. The van der Waals surface area contributed by atoms with Crippen LogP contribution in [0.1, 0.15) is 84.1 Å². The maximum atomic E-state index is 14.4. The number of amides is 2. The van der Waals surface area contributed by atoms with Crippen LogP contribution in [0.2, 0.25) is 0 Å². The van der Waals surface area contributed by atoms with Gasteiger partial charge < -0.3 is 4.74 Å². The van der Waals surface area contributed by atoms with Gasteiger partial charge in [-0.15, -0.1) is 0 Å². The molecule has 4 fully saturated rings. The molecule has 0 aromatic heterocycles. The number of rotatable bonds is 7. The van der Waals surface area contributed by atoms with Gasteiger partial charge in [0, 0.05) is 24.8 Å². The van der Waals surface area contributed by atoms with E-state index in [-0.39, 0.29) is 30.0 Å². The Kier molecular flexibility index (Phi) is 8.08. The zero-order valence-corrected chi connectivity index (χ0v) is 24.8. The summed E-state index contributed by atoms with van der Waals surface area (Å²) in [6.07, 6.45) is 10.1. The number of carbonyl (C=O) groups is 1. The van der Waals surface area contributed by atoms with Crippen molar-refractivity contribution in [3.63, 3.8) is 0 Å². The second-order valence-electron chi connectivity index (χ2n) is 12.9. The van der Waals surface area contributed by atoms with E-state index in [1.54, 1.807) is 6.07 Å². The average molecular weight is 561 g/mol. The highest BCUT2D eigenvalue weighted by molar-refractivity contribution is 6.19. The van der Waals surface area contributed by atoms with Crippen LogP contribution in [0.3, 0.4) is 0 Å². The van der Waals surface area contributed by atoms with Crippen molar-refractivity contribution in [2.75, 3.05) is 11.4 Å². The summed E-state index contributed by atoms with van der Waals surface area (Å²) in [6.45, 7) is 8.10. The van der Waals surface area contributed by atoms with E-state index in [9.17, 15) is 9.18 Å². The number of fused-ring (bicyclic) bond motifs is 2. The minimum Gasteiger partial charge on any atom is -0.491 e. The van der Waals surface area contributed by atoms with E-state index < -0.39 is 5.54 Å². The largest absolute Gasteiger partial charge is 0.491 e. The first-order valence-corrected chi connectivity index (χ1v) is 15.8. The Morgan fingerprint density at radius 1 is 1.15 bits per heavy atom. The van der Waals surface area contributed by atoms with Gasteiger partial charge in [0.1, 0.15) is 22.9 Å². The molecule has 6 rings (SSSR count). The van der Waals surface area contributed by atoms with Gasteiger partial charge in [0.2, 0.25) is 0 Å². The average Bonchev–Trinajstić information content (AvgIpc) is 3.44. The van der Waals surface area contributed by atoms with Crippen molar-refractivity contribution in [3.05, 3.63) is 59.9 Å². The number of hydrogen-bond donors (Lipinski definition) is 1. The lowest BCUT2D eigenvalue weighted by Gasteiger charge is -2.47. The smallest absolute Gasteiger partial charge is 0.328 e. The van der Waals surface area contributed by atoms with Crippen LogP contribution < -0.4 is 15.0 Å². The number of urea groups is 1. The van der Waals surface area contributed by atoms with E-state index in [2.05, 4.69) is 49.2 Å². The molecule has 2 aliphatic carbocycles. The molecule has 6 nitrogen and oxygen atoms in total. The Balaban J connectivity index is 1.28. The lowest BCUT2D eigenvalue weighted by atomic mass is 9.81. The number of halogens is 1. The maximum absolute atomic E-state index is 14.4. The molecule has 2 aliphatic heterocycles. The van der Waals surface area contributed by atoms with Crippen molar-refractivity contribution >= 4 is 17.6 Å². The van der Waals surface area contributed by atoms with Crippen molar-refractivity contribution < 1.29 is 13.9 Å². The van der Waals surface area contributed by atoms with Gasteiger partial charge >= 0.3 is 6.03 Å². The zero-order valence-electron chi connectivity index (χ0n) is 24.8. The van der Waals surface area contributed by atoms with Crippen LogP contribution in [0.4, 0.5) is 14.9 Å². The molecular formula is C34H45FN4O2. The number of piperidine rings is 1. The van der Waals surface area contributed by atoms with Crippen LogP contribution in [0, 0.1) is 17.7 Å². The quantitative estimate of drug-likeness (QED) is 0.386. The Bertz CT molecular complexity index is 1280. The molecule has 2 saturated heterocycles. The zero-order chi connectivity index (χ0) is 28.6. The molecule has 2 heterocycles. The second kappa shape index (κ2) is 11.7. The summed E-state index contributed by atoms with van der Waals surface area (Å²) in [6, 6.07) is 15.1. The minimum absolute atomic E-state index is 0.182. The van der Waals surface area contributed by atoms with E-state index in [0.29, 0.717) is 11.6 Å². The van der Waals surface area contributed by atoms with Crippen LogP contribution in [-0.2, 0) is 6.54 Å². The van der Waals surface area contributed by atoms with Crippen LogP contribution in [0.5, 0.6) is 5.75 Å². The number of aliphatic imine (C=N–C) groups is 1. The molecule has 41 heavy (non-hydrogen) atoms. The summed E-state index contributed by atoms with van der Waals surface area (Å²) in [5.41, 5.74) is 1.22. The molecule has 2 saturated carbocycles. The number of amidine groups is 1. The lowest BCUT2D eigenvalue weighted by molar-refractivity contribution is 0.123. The minimum atomic E-state index is -0.605. The van der Waals surface area contributed by atoms with Gasteiger partial charge in [0.25, 0.3) is 0 Å². The van der Waals surface area contributed by atoms with Crippen LogP contribution in [0.15, 0.2) is 53.5 Å². The van der Waals surface area contributed by atoms with E-state index in [1.165, 1.54) is 49.8 Å². The van der Waals surface area contributed by atoms with Gasteiger partial charge in [-0.1, -0.05) is 44.4 Å². The predicted octanol–water partition coefficient (Wildman–Crippen LogP) is 7.32. The molecule has 0 radical (unpaired) electrons. The Labute approximate surface area is 244 Å². The summed E-state index contributed by atoms with van der Waals surface area (Å²) in [5.74, 6) is 2.83. The number of ether oxygens (including phenoxy) is 1. The van der Waals surface area contributed by atoms with Crippen molar-refractivity contribution in [1.29, 1.82) is 0 Å². The van der Waals surface area contributed by atoms with Crippen molar-refractivity contribution in [1.82, 2.24) is 10.2 Å². The summed E-state index contributed by atoms with van der Waals surface area (Å²) >= 11 is 0. The fourth-order valence-electron chi connectivity index (χ4n) is 7.81. The molecule has 6 atom stereocenters. The fourth-order valence-corrected chi connectivity index (χ4v) is 7.81. The van der Waals surface area contributed by atoms with E-state index in [0.717, 1.165) is 56.3 Å². The number of benzene rings is 2. The van der Waals surface area contributed by atoms with E-state index in [1.807, 2.05) is 17.0 Å². The lowest BCUT2D eigenvalue weighted by Crippen LogP contribution is -2.59. The van der Waals surface area contributed by atoms with Crippen LogP contribution in [0.25, 0.3) is 0 Å². The monoisotopic (exact) mass is 560 g/mol. The third-order valence-electron chi connectivity index (χ3n) is 10.2. The molecule has 1 unspecified atom stereocenters. The number of hydrogen-bond acceptors (Lipinski definition) is 4. The molecule has 1 spiro atoms. The van der Waals surface area contributed by atoms with Crippen molar-refractivity contribution in [3.8, 4) is 5.75 Å². The highest BCUT2D eigenvalue weighted by atomic mass is 19.1. The molecule has 2 amide bonds. The molecule has 2 aromatic carbocycles. The molecule has 2 bridgehead atoms. The standard InChI is InChI=1S/C34H45FN4O2/c1-4-24(3)41-30-12-5-9-26(19-30)22-38-17-16-34(21-23(38)2)32(36-31-13-6-8-25-14-15-27(31)18-25)37-33(40)39(34)29-11-7-10-28(35)20-29/h5,7,9-12,19-20,23-25,27,31H,4,6,8,13-18,21-22H2,1-3H3,(H,36,37,40)/t23-,24+,25+,27-,31?,34+/m0/s1. The predicted molar refractivity (Wildman–Crippen MR) is 162 cm³/mol. The van der Waals surface area contributed by atoms with Crippen molar-refractivity contribution in [2.45, 2.75) is 109 Å². The Morgan fingerprint density at radius 3 is 2.80 bits per heavy atom. The van der Waals surface area contributed by atoms with E-state index in [4.69, 9.17) is 9.73 Å². The number of likely N-dealkylation sites (tertiary alicyclic amines) is 1. The summed E-state index contributed by atoms with van der Waals surface area (Å²) in [4.78, 5) is 23.4. The maximum Gasteiger partial charge on any atom is 0.328 e. The first-order valence-electron chi connectivity index (χ1n) is 15.8. The van der Waals surface area contributed by atoms with Crippen LogP contribution >= 0.6 is 0 Å². The topological polar surface area (TPSA) is 57.2 Å². The Hall–Kier alpha value is -2.93. The molecule has 1 N–H and O–H groups in total. The number of carbonyl (C=O) groups excluding carboxylic acids is 1. The van der Waals surface area contributed by atoms with Crippen LogP contribution in [-0.4, -0.2) is 47.0 Å². The third kappa shape index (κ3) is 5.75. The van der Waals surface area contributed by atoms with Crippen molar-refractivity contribution in [2.24, 2.45) is 16.8 Å². The molecule has 7 heteroatoms. The number of nitrogens with zero attached hydrogens (tertiary/aromatic N) is 3.